The van der Waals surface area contributed by atoms with E-state index in [1.807, 2.05) is 19.3 Å². The Bertz CT molecular complexity index is 983. The molecule has 4 heteroatoms. The van der Waals surface area contributed by atoms with Crippen molar-refractivity contribution < 1.29 is 13.4 Å². The molecule has 0 radical (unpaired) electrons. The molecule has 0 unspecified atom stereocenters. The first-order valence-electron chi connectivity index (χ1n) is 6.69. The lowest BCUT2D eigenvalue weighted by molar-refractivity contribution is -0.655. The number of hydrogen-bond acceptors (Lipinski definition) is 2. The van der Waals surface area contributed by atoms with E-state index < -0.39 is 0 Å². The third-order valence-electron chi connectivity index (χ3n) is 3.80. The van der Waals surface area contributed by atoms with Crippen LogP contribution in [0.15, 0.2) is 46.3 Å². The molecule has 0 bridgehead atoms. The second-order valence-corrected chi connectivity index (χ2v) is 6.12. The third kappa shape index (κ3) is 1.87. The van der Waals surface area contributed by atoms with Crippen LogP contribution in [0.3, 0.4) is 0 Å². The number of thiazole rings is 1. The second-order valence-electron chi connectivity index (χ2n) is 5.22. The van der Waals surface area contributed by atoms with Crippen LogP contribution in [0.4, 0.5) is 4.39 Å². The van der Waals surface area contributed by atoms with E-state index in [4.69, 9.17) is 4.42 Å². The molecule has 21 heavy (non-hydrogen) atoms. The summed E-state index contributed by atoms with van der Waals surface area (Å²) >= 11 is 1.71. The van der Waals surface area contributed by atoms with Crippen molar-refractivity contribution in [2.24, 2.45) is 7.05 Å². The zero-order valence-corrected chi connectivity index (χ0v) is 12.5. The smallest absolute Gasteiger partial charge is 0.269 e. The molecule has 2 heterocycles. The maximum Gasteiger partial charge on any atom is 0.269 e. The van der Waals surface area contributed by atoms with Gasteiger partial charge in [0.15, 0.2) is 6.20 Å². The predicted molar refractivity (Wildman–Crippen MR) is 82.9 cm³/mol. The minimum absolute atomic E-state index is 0.275. The molecule has 0 saturated heterocycles. The lowest BCUT2D eigenvalue weighted by atomic mass is 10.0. The first kappa shape index (κ1) is 12.5. The van der Waals surface area contributed by atoms with Gasteiger partial charge in [0.05, 0.1) is 10.9 Å². The zero-order valence-electron chi connectivity index (χ0n) is 11.7. The zero-order chi connectivity index (χ0) is 14.6. The Morgan fingerprint density at radius 2 is 1.90 bits per heavy atom. The Kier molecular flexibility index (Phi) is 2.62. The highest BCUT2D eigenvalue weighted by atomic mass is 32.1. The molecule has 0 amide bonds. The minimum Gasteiger partial charge on any atom is -0.456 e. The molecule has 0 N–H and O–H groups in total. The van der Waals surface area contributed by atoms with Crippen molar-refractivity contribution in [3.8, 4) is 10.6 Å². The van der Waals surface area contributed by atoms with Crippen LogP contribution in [-0.2, 0) is 7.05 Å². The molecule has 0 fully saturated rings. The summed E-state index contributed by atoms with van der Waals surface area (Å²) in [6.07, 6.45) is 2.05. The van der Waals surface area contributed by atoms with Gasteiger partial charge in [-0.3, -0.25) is 0 Å². The maximum absolute atomic E-state index is 13.3. The molecule has 104 valence electrons. The highest BCUT2D eigenvalue weighted by Crippen LogP contribution is 2.34. The van der Waals surface area contributed by atoms with Gasteiger partial charge in [0.25, 0.3) is 5.01 Å². The number of aryl methyl sites for hydroxylation is 2. The summed E-state index contributed by atoms with van der Waals surface area (Å²) in [5.41, 5.74) is 3.74. The molecule has 2 nitrogen and oxygen atoms in total. The predicted octanol–water partition coefficient (Wildman–Crippen LogP) is 4.59. The van der Waals surface area contributed by atoms with Crippen molar-refractivity contribution >= 4 is 33.3 Å². The summed E-state index contributed by atoms with van der Waals surface area (Å²) in [6.45, 7) is 2.07. The van der Waals surface area contributed by atoms with Crippen molar-refractivity contribution in [1.82, 2.24) is 0 Å². The fraction of sp³-hybridized carbons (Fsp3) is 0.118. The Hall–Kier alpha value is -2.20. The number of rotatable bonds is 1. The first-order valence-corrected chi connectivity index (χ1v) is 7.57. The Morgan fingerprint density at radius 1 is 1.10 bits per heavy atom. The molecular formula is C17H13FNOS+. The number of aromatic nitrogens is 1. The molecule has 0 saturated carbocycles. The molecule has 0 spiro atoms. The van der Waals surface area contributed by atoms with Crippen molar-refractivity contribution in [1.29, 1.82) is 0 Å². The molecule has 0 aliphatic heterocycles. The van der Waals surface area contributed by atoms with Crippen LogP contribution in [0.1, 0.15) is 5.56 Å². The number of nitrogens with zero attached hydrogens (tertiary/aromatic N) is 1. The number of benzene rings is 2. The summed E-state index contributed by atoms with van der Waals surface area (Å²) < 4.78 is 21.2. The minimum atomic E-state index is -0.275. The van der Waals surface area contributed by atoms with Crippen LogP contribution < -0.4 is 4.57 Å². The van der Waals surface area contributed by atoms with Crippen molar-refractivity contribution in [2.75, 3.05) is 0 Å². The molecule has 2 aromatic heterocycles. The molecule has 4 aromatic rings. The topological polar surface area (TPSA) is 17.0 Å². The number of halogens is 1. The van der Waals surface area contributed by atoms with E-state index in [1.54, 1.807) is 17.4 Å². The van der Waals surface area contributed by atoms with Crippen LogP contribution in [0.25, 0.3) is 32.5 Å². The van der Waals surface area contributed by atoms with E-state index >= 15 is 0 Å². The van der Waals surface area contributed by atoms with Crippen molar-refractivity contribution in [2.45, 2.75) is 6.92 Å². The average Bonchev–Trinajstić information content (AvgIpc) is 3.00. The van der Waals surface area contributed by atoms with E-state index in [0.29, 0.717) is 5.58 Å². The van der Waals surface area contributed by atoms with Gasteiger partial charge in [-0.1, -0.05) is 11.3 Å². The molecule has 2 aromatic carbocycles. The highest BCUT2D eigenvalue weighted by molar-refractivity contribution is 7.12. The summed E-state index contributed by atoms with van der Waals surface area (Å²) in [4.78, 5) is 0. The average molecular weight is 298 g/mol. The lowest BCUT2D eigenvalue weighted by Crippen LogP contribution is -2.26. The first-order chi connectivity index (χ1) is 10.1. The van der Waals surface area contributed by atoms with E-state index in [-0.39, 0.29) is 5.82 Å². The second kappa shape index (κ2) is 4.40. The monoisotopic (exact) mass is 298 g/mol. The third-order valence-corrected chi connectivity index (χ3v) is 4.78. The van der Waals surface area contributed by atoms with Crippen LogP contribution in [-0.4, -0.2) is 0 Å². The Balaban J connectivity index is 2.08. The summed E-state index contributed by atoms with van der Waals surface area (Å²) in [5.74, 6) is -0.275. The molecule has 0 atom stereocenters. The molecule has 4 rings (SSSR count). The van der Waals surface area contributed by atoms with Gasteiger partial charge >= 0.3 is 0 Å². The number of fused-ring (bicyclic) bond motifs is 3. The van der Waals surface area contributed by atoms with Crippen LogP contribution in [0.5, 0.6) is 0 Å². The van der Waals surface area contributed by atoms with Crippen molar-refractivity contribution in [3.63, 3.8) is 0 Å². The largest absolute Gasteiger partial charge is 0.456 e. The van der Waals surface area contributed by atoms with Gasteiger partial charge in [0.2, 0.25) is 0 Å². The van der Waals surface area contributed by atoms with Crippen LogP contribution in [0.2, 0.25) is 0 Å². The molecule has 0 aliphatic rings. The number of furan rings is 1. The van der Waals surface area contributed by atoms with Gasteiger partial charge in [-0.05, 0) is 36.8 Å². The number of hydrogen-bond donors (Lipinski definition) is 0. The van der Waals surface area contributed by atoms with E-state index in [2.05, 4.69) is 22.9 Å². The normalized spacial score (nSPS) is 11.6. The summed E-state index contributed by atoms with van der Waals surface area (Å²) in [6, 6.07) is 8.87. The van der Waals surface area contributed by atoms with E-state index in [0.717, 1.165) is 21.9 Å². The van der Waals surface area contributed by atoms with Crippen LogP contribution >= 0.6 is 11.3 Å². The Morgan fingerprint density at radius 3 is 2.67 bits per heavy atom. The summed E-state index contributed by atoms with van der Waals surface area (Å²) in [5, 5.41) is 5.25. The van der Waals surface area contributed by atoms with Crippen LogP contribution in [0, 0.1) is 12.7 Å². The van der Waals surface area contributed by atoms with Gasteiger partial charge in [-0.25, -0.2) is 4.39 Å². The Labute approximate surface area is 125 Å². The highest BCUT2D eigenvalue weighted by Gasteiger charge is 2.17. The van der Waals surface area contributed by atoms with Crippen molar-refractivity contribution in [3.05, 3.63) is 53.3 Å². The maximum atomic E-state index is 13.3. The standard InChI is InChI=1S/C17H13FNOS/c1-10-7-15-14(9-13(10)17-19(2)5-6-21-17)12-4-3-11(18)8-16(12)20-15/h3-9H,1-2H3/q+1. The molecule has 0 aliphatic carbocycles. The van der Waals surface area contributed by atoms with E-state index in [9.17, 15) is 4.39 Å². The van der Waals surface area contributed by atoms with Gasteiger partial charge in [0.1, 0.15) is 24.0 Å². The fourth-order valence-corrected chi connectivity index (χ4v) is 3.67. The fourth-order valence-electron chi connectivity index (χ4n) is 2.72. The van der Waals surface area contributed by atoms with E-state index in [1.165, 1.54) is 22.7 Å². The SMILES string of the molecule is Cc1cc2oc3cc(F)ccc3c2cc1-c1scc[n+]1C. The quantitative estimate of drug-likeness (QED) is 0.470. The van der Waals surface area contributed by atoms with Gasteiger partial charge in [-0.2, -0.15) is 4.57 Å². The molecular weight excluding hydrogens is 285 g/mol. The lowest BCUT2D eigenvalue weighted by Gasteiger charge is -2.01. The summed E-state index contributed by atoms with van der Waals surface area (Å²) in [7, 11) is 2.04. The van der Waals surface area contributed by atoms with Gasteiger partial charge in [0, 0.05) is 16.8 Å². The van der Waals surface area contributed by atoms with Gasteiger partial charge in [-0.15, -0.1) is 0 Å². The van der Waals surface area contributed by atoms with Gasteiger partial charge < -0.3 is 4.42 Å².